The number of halogens is 3. The zero-order chi connectivity index (χ0) is 27.1. The minimum Gasteiger partial charge on any atom is -0.389 e. The third kappa shape index (κ3) is 5.31. The second-order valence-electron chi connectivity index (χ2n) is 10.7. The van der Waals surface area contributed by atoms with E-state index in [1.165, 1.54) is 22.6 Å². The molecule has 4 N–H and O–H groups in total. The van der Waals surface area contributed by atoms with E-state index in [-0.39, 0.29) is 37.0 Å². The average Bonchev–Trinajstić information content (AvgIpc) is 3.22. The summed E-state index contributed by atoms with van der Waals surface area (Å²) in [7, 11) is 0. The molecular weight excluding hydrogens is 516 g/mol. The molecule has 1 amide bonds. The first-order valence-electron chi connectivity index (χ1n) is 12.9. The van der Waals surface area contributed by atoms with Gasteiger partial charge in [-0.05, 0) is 73.8 Å². The number of nitrogens with one attached hydrogen (secondary N) is 1. The van der Waals surface area contributed by atoms with Gasteiger partial charge in [-0.1, -0.05) is 17.7 Å². The maximum Gasteiger partial charge on any atom is 0.246 e. The Balaban J connectivity index is 1.15. The molecule has 0 radical (unpaired) electrons. The van der Waals surface area contributed by atoms with E-state index in [0.29, 0.717) is 5.02 Å². The summed E-state index contributed by atoms with van der Waals surface area (Å²) in [5, 5.41) is 37.0. The van der Waals surface area contributed by atoms with E-state index >= 15 is 0 Å². The standard InChI is InChI=1S/C28H32ClF2N3O4/c29-19-2-3-22-23(13-19)32-17-27(22)5-8-33(9-6-27)15-24(35)28(38)7-10-34(16-25(28)36)26(37)4-1-18-11-20(30)14-21(31)12-18/h1-4,11-14,24-25,32,35-36,38H,5-10,15-17H2/b4-1+/t24-,25+,28-/m0/s1. The predicted molar refractivity (Wildman–Crippen MR) is 141 cm³/mol. The number of β-amino-alcohol motifs (C(OH)–C–C–N with tert-alkyl or cyclic N) is 2. The average molecular weight is 548 g/mol. The molecule has 2 saturated heterocycles. The molecule has 2 aromatic rings. The molecule has 5 rings (SSSR count). The van der Waals surface area contributed by atoms with Gasteiger partial charge >= 0.3 is 0 Å². The van der Waals surface area contributed by atoms with Crippen molar-refractivity contribution in [3.8, 4) is 0 Å². The van der Waals surface area contributed by atoms with Crippen LogP contribution in [0.25, 0.3) is 6.08 Å². The van der Waals surface area contributed by atoms with Crippen LogP contribution in [0.3, 0.4) is 0 Å². The number of hydrogen-bond acceptors (Lipinski definition) is 6. The summed E-state index contributed by atoms with van der Waals surface area (Å²) in [6.07, 6.45) is 1.73. The van der Waals surface area contributed by atoms with E-state index in [9.17, 15) is 28.9 Å². The third-order valence-electron chi connectivity index (χ3n) is 8.36. The van der Waals surface area contributed by atoms with E-state index in [2.05, 4.69) is 16.3 Å². The van der Waals surface area contributed by atoms with Crippen molar-refractivity contribution in [1.29, 1.82) is 0 Å². The zero-order valence-corrected chi connectivity index (χ0v) is 21.7. The number of carbonyl (C=O) groups is 1. The molecular formula is C28H32ClF2N3O4. The number of benzene rings is 2. The molecule has 0 aliphatic carbocycles. The summed E-state index contributed by atoms with van der Waals surface area (Å²) in [6, 6.07) is 8.90. The first-order valence-corrected chi connectivity index (χ1v) is 13.2. The largest absolute Gasteiger partial charge is 0.389 e. The maximum atomic E-state index is 13.4. The van der Waals surface area contributed by atoms with Gasteiger partial charge in [0.1, 0.15) is 23.3 Å². The number of anilines is 1. The van der Waals surface area contributed by atoms with Crippen LogP contribution in [0.15, 0.2) is 42.5 Å². The monoisotopic (exact) mass is 547 g/mol. The van der Waals surface area contributed by atoms with Gasteiger partial charge in [0.15, 0.2) is 0 Å². The van der Waals surface area contributed by atoms with Crippen LogP contribution in [-0.4, -0.2) is 88.1 Å². The lowest BCUT2D eigenvalue weighted by Crippen LogP contribution is -2.64. The number of aliphatic hydroxyl groups excluding tert-OH is 2. The number of likely N-dealkylation sites (tertiary alicyclic amines) is 2. The number of amides is 1. The lowest BCUT2D eigenvalue weighted by atomic mass is 9.74. The zero-order valence-electron chi connectivity index (χ0n) is 20.9. The van der Waals surface area contributed by atoms with E-state index < -0.39 is 35.4 Å². The van der Waals surface area contributed by atoms with Gasteiger partial charge in [0, 0.05) is 54.4 Å². The highest BCUT2D eigenvalue weighted by Gasteiger charge is 2.48. The van der Waals surface area contributed by atoms with Crippen LogP contribution < -0.4 is 5.32 Å². The Kier molecular flexibility index (Phi) is 7.50. The molecule has 3 aliphatic rings. The molecule has 3 heterocycles. The van der Waals surface area contributed by atoms with Crippen molar-refractivity contribution in [2.24, 2.45) is 0 Å². The number of piperidine rings is 2. The molecule has 0 bridgehead atoms. The van der Waals surface area contributed by atoms with Crippen LogP contribution >= 0.6 is 11.6 Å². The van der Waals surface area contributed by atoms with Gasteiger partial charge in [-0.25, -0.2) is 8.78 Å². The normalized spacial score (nSPS) is 25.9. The van der Waals surface area contributed by atoms with E-state index in [1.807, 2.05) is 12.1 Å². The molecule has 1 spiro atoms. The minimum absolute atomic E-state index is 0.000656. The maximum absolute atomic E-state index is 13.4. The summed E-state index contributed by atoms with van der Waals surface area (Å²) < 4.78 is 26.7. The van der Waals surface area contributed by atoms with Gasteiger partial charge in [0.05, 0.1) is 6.10 Å². The topological polar surface area (TPSA) is 96.3 Å². The molecule has 7 nitrogen and oxygen atoms in total. The Morgan fingerprint density at radius 2 is 1.84 bits per heavy atom. The SMILES string of the molecule is O=C(/C=C/c1cc(F)cc(F)c1)N1CC[C@](O)([C@@H](O)CN2CCC3(CC2)CNc2cc(Cl)ccc23)[C@H](O)C1. The molecule has 0 saturated carbocycles. The van der Waals surface area contributed by atoms with Gasteiger partial charge in [-0.2, -0.15) is 0 Å². The second-order valence-corrected chi connectivity index (χ2v) is 11.2. The summed E-state index contributed by atoms with van der Waals surface area (Å²) in [6.45, 7) is 2.49. The highest BCUT2D eigenvalue weighted by molar-refractivity contribution is 6.30. The van der Waals surface area contributed by atoms with Gasteiger partial charge in [-0.3, -0.25) is 4.79 Å². The fourth-order valence-corrected chi connectivity index (χ4v) is 6.14. The molecule has 0 aromatic heterocycles. The first-order chi connectivity index (χ1) is 18.1. The molecule has 0 unspecified atom stereocenters. The summed E-state index contributed by atoms with van der Waals surface area (Å²) >= 11 is 6.14. The van der Waals surface area contributed by atoms with Crippen LogP contribution in [-0.2, 0) is 10.2 Å². The third-order valence-corrected chi connectivity index (χ3v) is 8.59. The smallest absolute Gasteiger partial charge is 0.246 e. The summed E-state index contributed by atoms with van der Waals surface area (Å²) in [5.74, 6) is -1.95. The van der Waals surface area contributed by atoms with Crippen molar-refractivity contribution < 1.29 is 28.9 Å². The van der Waals surface area contributed by atoms with Crippen molar-refractivity contribution in [1.82, 2.24) is 9.80 Å². The van der Waals surface area contributed by atoms with Gasteiger partial charge in [-0.15, -0.1) is 0 Å². The van der Waals surface area contributed by atoms with Crippen LogP contribution in [0.4, 0.5) is 14.5 Å². The molecule has 2 aromatic carbocycles. The van der Waals surface area contributed by atoms with Crippen LogP contribution in [0, 0.1) is 11.6 Å². The summed E-state index contributed by atoms with van der Waals surface area (Å²) in [5.41, 5.74) is 0.810. The highest BCUT2D eigenvalue weighted by atomic mass is 35.5. The van der Waals surface area contributed by atoms with Crippen LogP contribution in [0.2, 0.25) is 5.02 Å². The Hall–Kier alpha value is -2.56. The quantitative estimate of drug-likeness (QED) is 0.430. The fraction of sp³-hybridized carbons (Fsp3) is 0.464. The number of nitrogens with zero attached hydrogens (tertiary/aromatic N) is 2. The van der Waals surface area contributed by atoms with Crippen molar-refractivity contribution in [3.63, 3.8) is 0 Å². The number of rotatable bonds is 5. The molecule has 2 fully saturated rings. The second kappa shape index (κ2) is 10.5. The van der Waals surface area contributed by atoms with Gasteiger partial charge in [0.25, 0.3) is 0 Å². The first kappa shape index (κ1) is 27.0. The van der Waals surface area contributed by atoms with Crippen molar-refractivity contribution in [3.05, 3.63) is 70.3 Å². The Bertz CT molecular complexity index is 1220. The van der Waals surface area contributed by atoms with Crippen molar-refractivity contribution in [2.45, 2.75) is 42.5 Å². The van der Waals surface area contributed by atoms with E-state index in [4.69, 9.17) is 11.6 Å². The van der Waals surface area contributed by atoms with E-state index in [1.54, 1.807) is 0 Å². The molecule has 10 heteroatoms. The Morgan fingerprint density at radius 1 is 1.13 bits per heavy atom. The minimum atomic E-state index is -1.75. The van der Waals surface area contributed by atoms with Crippen molar-refractivity contribution in [2.75, 3.05) is 44.6 Å². The number of hydrogen-bond donors (Lipinski definition) is 4. The van der Waals surface area contributed by atoms with E-state index in [0.717, 1.165) is 56.4 Å². The number of aliphatic hydroxyl groups is 3. The Morgan fingerprint density at radius 3 is 2.53 bits per heavy atom. The predicted octanol–water partition coefficient (Wildman–Crippen LogP) is 2.78. The molecule has 3 atom stereocenters. The molecule has 3 aliphatic heterocycles. The van der Waals surface area contributed by atoms with Gasteiger partial charge in [0.2, 0.25) is 5.91 Å². The molecule has 38 heavy (non-hydrogen) atoms. The van der Waals surface area contributed by atoms with Crippen LogP contribution in [0.5, 0.6) is 0 Å². The number of fused-ring (bicyclic) bond motifs is 2. The van der Waals surface area contributed by atoms with Crippen molar-refractivity contribution >= 4 is 29.3 Å². The lowest BCUT2D eigenvalue weighted by molar-refractivity contribution is -0.183. The van der Waals surface area contributed by atoms with Gasteiger partial charge < -0.3 is 30.4 Å². The fourth-order valence-electron chi connectivity index (χ4n) is 5.97. The van der Waals surface area contributed by atoms with Crippen LogP contribution in [0.1, 0.15) is 30.4 Å². The highest BCUT2D eigenvalue weighted by Crippen LogP contribution is 2.45. The molecule has 204 valence electrons. The number of carbonyl (C=O) groups excluding carboxylic acids is 1. The Labute approximate surface area is 225 Å². The summed E-state index contributed by atoms with van der Waals surface area (Å²) in [4.78, 5) is 16.0. The lowest BCUT2D eigenvalue weighted by Gasteiger charge is -2.46.